The zero-order valence-corrected chi connectivity index (χ0v) is 7.15. The van der Waals surface area contributed by atoms with Crippen LogP contribution in [0.4, 0.5) is 35.1 Å². The Morgan fingerprint density at radius 1 is 0.385 bits per heavy atom. The number of rotatable bonds is 0. The fourth-order valence-corrected chi connectivity index (χ4v) is 0.726. The van der Waals surface area contributed by atoms with E-state index in [1.807, 2.05) is 0 Å². The van der Waals surface area contributed by atoms with Crippen molar-refractivity contribution in [3.63, 3.8) is 0 Å². The molecule has 1 aliphatic carbocycles. The molecular weight excluding hydrogens is 231 g/mol. The number of hydrogen-bond acceptors (Lipinski definition) is 0. The highest BCUT2D eigenvalue weighted by Crippen LogP contribution is 2.69. The minimum Gasteiger partial charge on any atom is -0.192 e. The summed E-state index contributed by atoms with van der Waals surface area (Å²) in [6, 6.07) is 0. The van der Waals surface area contributed by atoms with Crippen LogP contribution in [0, 0.1) is 0 Å². The summed E-state index contributed by atoms with van der Waals surface area (Å²) in [6.45, 7) is 0. The molecule has 0 N–H and O–H groups in total. The molecule has 0 amide bonds. The Labute approximate surface area is 69.9 Å². The van der Waals surface area contributed by atoms with Gasteiger partial charge in [0.15, 0.2) is 0 Å². The summed E-state index contributed by atoms with van der Waals surface area (Å²) in [5.74, 6) is -23.9. The molecule has 0 aromatic carbocycles. The second-order valence-electron chi connectivity index (χ2n) is 2.30. The van der Waals surface area contributed by atoms with E-state index >= 15 is 0 Å². The third-order valence-electron chi connectivity index (χ3n) is 1.58. The molecule has 0 radical (unpaired) electrons. The lowest BCUT2D eigenvalue weighted by Gasteiger charge is -2.49. The van der Waals surface area contributed by atoms with Crippen molar-refractivity contribution in [3.05, 3.63) is 0 Å². The van der Waals surface area contributed by atoms with Crippen LogP contribution in [0.25, 0.3) is 0 Å². The van der Waals surface area contributed by atoms with Crippen LogP contribution in [0.15, 0.2) is 0 Å². The number of alkyl halides is 8. The first kappa shape index (κ1) is 12.9. The minimum atomic E-state index is -5.97. The molecule has 0 nitrogen and oxygen atoms in total. The van der Waals surface area contributed by atoms with Crippen LogP contribution in [-0.2, 0) is 0 Å². The first-order chi connectivity index (χ1) is 5.00. The van der Waals surface area contributed by atoms with Gasteiger partial charge in [0.1, 0.15) is 0 Å². The van der Waals surface area contributed by atoms with Gasteiger partial charge >= 0.3 is 23.7 Å². The Hall–Kier alpha value is -0.130. The van der Waals surface area contributed by atoms with E-state index in [1.165, 1.54) is 0 Å². The molecule has 0 aliphatic heterocycles. The molecule has 1 aliphatic rings. The van der Waals surface area contributed by atoms with Gasteiger partial charge in [-0.15, -0.1) is 0 Å². The van der Waals surface area contributed by atoms with Gasteiger partial charge in [-0.05, 0) is 0 Å². The van der Waals surface area contributed by atoms with E-state index in [4.69, 9.17) is 0 Å². The van der Waals surface area contributed by atoms with E-state index in [1.54, 1.807) is 0 Å². The monoisotopic (exact) mass is 234 g/mol. The zero-order chi connectivity index (χ0) is 10.0. The van der Waals surface area contributed by atoms with Crippen LogP contribution >= 0.6 is 9.90 Å². The molecule has 1 atom stereocenters. The van der Waals surface area contributed by atoms with Gasteiger partial charge in [-0.25, -0.2) is 0 Å². The normalized spacial score (nSPS) is 31.4. The van der Waals surface area contributed by atoms with Crippen LogP contribution in [0.5, 0.6) is 0 Å². The lowest BCUT2D eigenvalue weighted by molar-refractivity contribution is -0.506. The van der Waals surface area contributed by atoms with E-state index in [-0.39, 0.29) is 9.90 Å². The standard InChI is InChI=1S/C4F8.H3P/c5-1(6)2(7,8)4(11,12)3(1,9)10;/h;1H3. The molecule has 0 heterocycles. The molecule has 1 saturated carbocycles. The minimum absolute atomic E-state index is 0. The van der Waals surface area contributed by atoms with Crippen molar-refractivity contribution in [2.45, 2.75) is 23.7 Å². The molecule has 1 fully saturated rings. The summed E-state index contributed by atoms with van der Waals surface area (Å²) in [7, 11) is 0. The average molecular weight is 234 g/mol. The fourth-order valence-electron chi connectivity index (χ4n) is 0.726. The molecule has 80 valence electrons. The predicted molar refractivity (Wildman–Crippen MR) is 30.9 cm³/mol. The average Bonchev–Trinajstić information content (AvgIpc) is 1.84. The Morgan fingerprint density at radius 3 is 0.538 bits per heavy atom. The maximum atomic E-state index is 11.6. The van der Waals surface area contributed by atoms with E-state index in [0.717, 1.165) is 0 Å². The van der Waals surface area contributed by atoms with Gasteiger partial charge in [-0.3, -0.25) is 0 Å². The third-order valence-corrected chi connectivity index (χ3v) is 1.58. The van der Waals surface area contributed by atoms with Crippen LogP contribution in [0.1, 0.15) is 0 Å². The van der Waals surface area contributed by atoms with Crippen LogP contribution in [0.2, 0.25) is 0 Å². The molecule has 1 rings (SSSR count). The Balaban J connectivity index is 0.00000144. The molecular formula is C4H3F8P. The first-order valence-electron chi connectivity index (χ1n) is 2.51. The fraction of sp³-hybridized carbons (Fsp3) is 1.00. The highest BCUT2D eigenvalue weighted by Gasteiger charge is 3.01. The Morgan fingerprint density at radius 2 is 0.462 bits per heavy atom. The highest BCUT2D eigenvalue weighted by atomic mass is 31.0. The van der Waals surface area contributed by atoms with Crippen molar-refractivity contribution >= 4 is 9.90 Å². The molecule has 0 spiro atoms. The number of halogens is 8. The van der Waals surface area contributed by atoms with Crippen LogP contribution < -0.4 is 0 Å². The molecule has 0 saturated heterocycles. The predicted octanol–water partition coefficient (Wildman–Crippen LogP) is 2.60. The lowest BCUT2D eigenvalue weighted by Crippen LogP contribution is -2.82. The van der Waals surface area contributed by atoms with Gasteiger partial charge < -0.3 is 0 Å². The highest BCUT2D eigenvalue weighted by molar-refractivity contribution is 6.92. The van der Waals surface area contributed by atoms with E-state index < -0.39 is 23.7 Å². The van der Waals surface area contributed by atoms with E-state index in [0.29, 0.717) is 0 Å². The van der Waals surface area contributed by atoms with Gasteiger partial charge in [-0.2, -0.15) is 45.0 Å². The molecule has 1 unspecified atom stereocenters. The quantitative estimate of drug-likeness (QED) is 0.446. The summed E-state index contributed by atoms with van der Waals surface area (Å²) in [4.78, 5) is 0. The smallest absolute Gasteiger partial charge is 0.192 e. The summed E-state index contributed by atoms with van der Waals surface area (Å²) in [5, 5.41) is 0. The molecule has 9 heteroatoms. The van der Waals surface area contributed by atoms with Gasteiger partial charge in [0.05, 0.1) is 0 Å². The largest absolute Gasteiger partial charge is 0.385 e. The van der Waals surface area contributed by atoms with Crippen LogP contribution in [-0.4, -0.2) is 23.7 Å². The summed E-state index contributed by atoms with van der Waals surface area (Å²) in [6.07, 6.45) is 0. The van der Waals surface area contributed by atoms with Crippen molar-refractivity contribution in [3.8, 4) is 0 Å². The molecule has 13 heavy (non-hydrogen) atoms. The van der Waals surface area contributed by atoms with E-state index in [9.17, 15) is 35.1 Å². The lowest BCUT2D eigenvalue weighted by atomic mass is 9.80. The SMILES string of the molecule is FC1(F)C(F)(F)C(F)(F)C1(F)F.P. The van der Waals surface area contributed by atoms with Gasteiger partial charge in [0.2, 0.25) is 0 Å². The molecule has 0 aromatic heterocycles. The Kier molecular flexibility index (Phi) is 2.44. The summed E-state index contributed by atoms with van der Waals surface area (Å²) in [5.41, 5.74) is 0. The van der Waals surface area contributed by atoms with Crippen molar-refractivity contribution in [1.82, 2.24) is 0 Å². The van der Waals surface area contributed by atoms with Crippen LogP contribution in [0.3, 0.4) is 0 Å². The second kappa shape index (κ2) is 2.46. The van der Waals surface area contributed by atoms with Gasteiger partial charge in [-0.1, -0.05) is 0 Å². The maximum Gasteiger partial charge on any atom is 0.385 e. The third kappa shape index (κ3) is 0.899. The van der Waals surface area contributed by atoms with Crippen molar-refractivity contribution < 1.29 is 35.1 Å². The topological polar surface area (TPSA) is 0 Å². The number of hydrogen-bond donors (Lipinski definition) is 0. The zero-order valence-electron chi connectivity index (χ0n) is 5.73. The second-order valence-corrected chi connectivity index (χ2v) is 2.30. The molecule has 0 bridgehead atoms. The summed E-state index contributed by atoms with van der Waals surface area (Å²) < 4.78 is 92.9. The van der Waals surface area contributed by atoms with Crippen molar-refractivity contribution in [1.29, 1.82) is 0 Å². The summed E-state index contributed by atoms with van der Waals surface area (Å²) >= 11 is 0. The Bertz CT molecular complexity index is 156. The van der Waals surface area contributed by atoms with Crippen molar-refractivity contribution in [2.75, 3.05) is 0 Å². The first-order valence-corrected chi connectivity index (χ1v) is 2.51. The van der Waals surface area contributed by atoms with E-state index in [2.05, 4.69) is 0 Å². The maximum absolute atomic E-state index is 11.6. The van der Waals surface area contributed by atoms with Crippen molar-refractivity contribution in [2.24, 2.45) is 0 Å². The molecule has 0 aromatic rings. The van der Waals surface area contributed by atoms with Gasteiger partial charge in [0.25, 0.3) is 0 Å². The van der Waals surface area contributed by atoms with Gasteiger partial charge in [0, 0.05) is 0 Å².